The predicted octanol–water partition coefficient (Wildman–Crippen LogP) is 6.56. The molecule has 0 radical (unpaired) electrons. The summed E-state index contributed by atoms with van der Waals surface area (Å²) in [7, 11) is 0. The van der Waals surface area contributed by atoms with Crippen molar-refractivity contribution in [1.82, 2.24) is 10.2 Å². The Morgan fingerprint density at radius 2 is 1.88 bits per heavy atom. The maximum atomic E-state index is 13.4. The van der Waals surface area contributed by atoms with E-state index in [0.29, 0.717) is 22.2 Å². The van der Waals surface area contributed by atoms with Crippen molar-refractivity contribution in [3.63, 3.8) is 0 Å². The van der Waals surface area contributed by atoms with E-state index in [1.165, 1.54) is 5.56 Å². The van der Waals surface area contributed by atoms with Gasteiger partial charge in [0.15, 0.2) is 6.61 Å². The number of amides is 2. The first-order chi connectivity index (χ1) is 16.3. The van der Waals surface area contributed by atoms with E-state index in [1.54, 1.807) is 23.1 Å². The molecule has 0 heterocycles. The van der Waals surface area contributed by atoms with E-state index >= 15 is 0 Å². The number of halogens is 3. The molecule has 0 aromatic heterocycles. The number of rotatable bonds is 10. The highest BCUT2D eigenvalue weighted by molar-refractivity contribution is 9.10. The molecule has 8 heteroatoms. The normalized spacial score (nSPS) is 14.6. The van der Waals surface area contributed by atoms with Crippen LogP contribution in [0, 0.1) is 0 Å². The van der Waals surface area contributed by atoms with Crippen molar-refractivity contribution in [2.75, 3.05) is 6.61 Å². The molecule has 1 atom stereocenters. The van der Waals surface area contributed by atoms with Crippen molar-refractivity contribution in [2.45, 2.75) is 71.0 Å². The van der Waals surface area contributed by atoms with Gasteiger partial charge in [0.25, 0.3) is 5.91 Å². The van der Waals surface area contributed by atoms with Crippen molar-refractivity contribution in [3.05, 3.63) is 62.0 Å². The zero-order valence-corrected chi connectivity index (χ0v) is 22.7. The lowest BCUT2D eigenvalue weighted by atomic mass is 10.1. The van der Waals surface area contributed by atoms with Gasteiger partial charge in [0.2, 0.25) is 5.91 Å². The van der Waals surface area contributed by atoms with Crippen LogP contribution in [0.3, 0.4) is 0 Å². The van der Waals surface area contributed by atoms with Crippen LogP contribution in [0.2, 0.25) is 10.0 Å². The van der Waals surface area contributed by atoms with Gasteiger partial charge in [-0.3, -0.25) is 9.59 Å². The second kappa shape index (κ2) is 12.8. The summed E-state index contributed by atoms with van der Waals surface area (Å²) >= 11 is 16.0. The fourth-order valence-electron chi connectivity index (χ4n) is 4.22. The molecule has 3 rings (SSSR count). The van der Waals surface area contributed by atoms with Crippen LogP contribution in [0.15, 0.2) is 40.9 Å². The Labute approximate surface area is 220 Å². The van der Waals surface area contributed by atoms with Gasteiger partial charge in [-0.1, -0.05) is 62.0 Å². The molecule has 5 nitrogen and oxygen atoms in total. The summed E-state index contributed by atoms with van der Waals surface area (Å²) in [6, 6.07) is 10.5. The molecule has 1 saturated carbocycles. The van der Waals surface area contributed by atoms with Gasteiger partial charge in [0, 0.05) is 22.6 Å². The topological polar surface area (TPSA) is 58.6 Å². The minimum absolute atomic E-state index is 0.138. The van der Waals surface area contributed by atoms with Gasteiger partial charge in [0.05, 0.1) is 4.47 Å². The molecule has 0 aliphatic heterocycles. The molecule has 1 N–H and O–H groups in total. The maximum absolute atomic E-state index is 13.4. The van der Waals surface area contributed by atoms with Crippen LogP contribution in [-0.2, 0) is 22.6 Å². The van der Waals surface area contributed by atoms with E-state index in [9.17, 15) is 9.59 Å². The molecule has 1 aliphatic rings. The van der Waals surface area contributed by atoms with Crippen molar-refractivity contribution >= 4 is 50.9 Å². The minimum Gasteiger partial charge on any atom is -0.483 e. The highest BCUT2D eigenvalue weighted by Crippen LogP contribution is 2.27. The van der Waals surface area contributed by atoms with E-state index in [-0.39, 0.29) is 31.0 Å². The quantitative estimate of drug-likeness (QED) is 0.352. The average Bonchev–Trinajstić information content (AvgIpc) is 3.32. The molecule has 2 amide bonds. The number of nitrogens with one attached hydrogen (secondary N) is 1. The SMILES string of the molecule is CCc1ccc(OCC(=O)N(Cc2ccc(Cl)cc2Cl)C(CC)C(=O)NC2CCCC2)c(Br)c1. The number of ether oxygens (including phenoxy) is 1. The molecule has 1 aliphatic carbocycles. The Balaban J connectivity index is 1.80. The fourth-order valence-corrected chi connectivity index (χ4v) is 5.23. The number of nitrogens with zero attached hydrogens (tertiary/aromatic N) is 1. The summed E-state index contributed by atoms with van der Waals surface area (Å²) in [6.45, 7) is 3.98. The lowest BCUT2D eigenvalue weighted by molar-refractivity contribution is -0.143. The van der Waals surface area contributed by atoms with Crippen LogP contribution >= 0.6 is 39.1 Å². The number of benzene rings is 2. The Hall–Kier alpha value is -1.76. The smallest absolute Gasteiger partial charge is 0.261 e. The first-order valence-electron chi connectivity index (χ1n) is 11.8. The summed E-state index contributed by atoms with van der Waals surface area (Å²) in [5.74, 6) is 0.158. The van der Waals surface area contributed by atoms with Crippen LogP contribution in [0.25, 0.3) is 0 Å². The minimum atomic E-state index is -0.630. The van der Waals surface area contributed by atoms with E-state index in [0.717, 1.165) is 42.1 Å². The lowest BCUT2D eigenvalue weighted by Gasteiger charge is -2.31. The van der Waals surface area contributed by atoms with E-state index in [1.807, 2.05) is 25.1 Å². The third-order valence-electron chi connectivity index (χ3n) is 6.20. The van der Waals surface area contributed by atoms with Gasteiger partial charge in [-0.05, 0) is 77.0 Å². The molecular formula is C26H31BrCl2N2O3. The zero-order chi connectivity index (χ0) is 24.7. The second-order valence-electron chi connectivity index (χ2n) is 8.58. The Bertz CT molecular complexity index is 1010. The zero-order valence-electron chi connectivity index (χ0n) is 19.6. The maximum Gasteiger partial charge on any atom is 0.261 e. The predicted molar refractivity (Wildman–Crippen MR) is 141 cm³/mol. The van der Waals surface area contributed by atoms with Gasteiger partial charge in [-0.2, -0.15) is 0 Å². The highest BCUT2D eigenvalue weighted by atomic mass is 79.9. The number of aryl methyl sites for hydroxylation is 1. The Morgan fingerprint density at radius 3 is 2.50 bits per heavy atom. The monoisotopic (exact) mass is 568 g/mol. The van der Waals surface area contributed by atoms with Crippen molar-refractivity contribution < 1.29 is 14.3 Å². The third kappa shape index (κ3) is 7.12. The molecule has 34 heavy (non-hydrogen) atoms. The summed E-state index contributed by atoms with van der Waals surface area (Å²) in [6.07, 6.45) is 5.56. The fraction of sp³-hybridized carbons (Fsp3) is 0.462. The standard InChI is InChI=1S/C26H31BrCl2N2O3/c1-3-17-9-12-24(21(27)13-17)34-16-25(32)31(15-18-10-11-19(28)14-22(18)29)23(4-2)26(33)30-20-7-5-6-8-20/h9-14,20,23H,3-8,15-16H2,1-2H3,(H,30,33). The Kier molecular flexibility index (Phi) is 10.1. The first kappa shape index (κ1) is 26.8. The number of hydrogen-bond acceptors (Lipinski definition) is 3. The van der Waals surface area contributed by atoms with Crippen LogP contribution < -0.4 is 10.1 Å². The Morgan fingerprint density at radius 1 is 1.15 bits per heavy atom. The molecule has 1 unspecified atom stereocenters. The summed E-state index contributed by atoms with van der Waals surface area (Å²) in [5.41, 5.74) is 1.89. The molecule has 2 aromatic rings. The van der Waals surface area contributed by atoms with E-state index < -0.39 is 6.04 Å². The highest BCUT2D eigenvalue weighted by Gasteiger charge is 2.31. The van der Waals surface area contributed by atoms with Crippen LogP contribution in [-0.4, -0.2) is 35.4 Å². The third-order valence-corrected chi connectivity index (χ3v) is 7.41. The molecule has 2 aromatic carbocycles. The second-order valence-corrected chi connectivity index (χ2v) is 10.3. The number of hydrogen-bond donors (Lipinski definition) is 1. The molecule has 0 spiro atoms. The average molecular weight is 570 g/mol. The molecular weight excluding hydrogens is 539 g/mol. The van der Waals surface area contributed by atoms with E-state index in [2.05, 4.69) is 28.2 Å². The largest absolute Gasteiger partial charge is 0.483 e. The summed E-state index contributed by atoms with van der Waals surface area (Å²) < 4.78 is 6.64. The van der Waals surface area contributed by atoms with E-state index in [4.69, 9.17) is 27.9 Å². The van der Waals surface area contributed by atoms with Gasteiger partial charge < -0.3 is 15.0 Å². The summed E-state index contributed by atoms with van der Waals surface area (Å²) in [4.78, 5) is 28.2. The van der Waals surface area contributed by atoms with Crippen LogP contribution in [0.5, 0.6) is 5.75 Å². The van der Waals surface area contributed by atoms with Crippen LogP contribution in [0.4, 0.5) is 0 Å². The van der Waals surface area contributed by atoms with Gasteiger partial charge in [-0.15, -0.1) is 0 Å². The number of carbonyl (C=O) groups excluding carboxylic acids is 2. The van der Waals surface area contributed by atoms with Gasteiger partial charge in [0.1, 0.15) is 11.8 Å². The molecule has 0 saturated heterocycles. The van der Waals surface area contributed by atoms with Crippen molar-refractivity contribution in [1.29, 1.82) is 0 Å². The van der Waals surface area contributed by atoms with Gasteiger partial charge in [-0.25, -0.2) is 0 Å². The molecule has 1 fully saturated rings. The summed E-state index contributed by atoms with van der Waals surface area (Å²) in [5, 5.41) is 4.10. The van der Waals surface area contributed by atoms with Gasteiger partial charge >= 0.3 is 0 Å². The first-order valence-corrected chi connectivity index (χ1v) is 13.3. The molecule has 184 valence electrons. The number of carbonyl (C=O) groups is 2. The lowest BCUT2D eigenvalue weighted by Crippen LogP contribution is -2.52. The van der Waals surface area contributed by atoms with Crippen molar-refractivity contribution in [2.24, 2.45) is 0 Å². The molecule has 0 bridgehead atoms. The van der Waals surface area contributed by atoms with Crippen molar-refractivity contribution in [3.8, 4) is 5.75 Å². The van der Waals surface area contributed by atoms with Crippen LogP contribution in [0.1, 0.15) is 57.1 Å².